The minimum atomic E-state index is -0.804. The Balaban J connectivity index is 1.75. The monoisotopic (exact) mass is 444 g/mol. The Labute approximate surface area is 180 Å². The number of ether oxygens (including phenoxy) is 1. The van der Waals surface area contributed by atoms with Gasteiger partial charge in [-0.15, -0.1) is 0 Å². The summed E-state index contributed by atoms with van der Waals surface area (Å²) in [6.45, 7) is 0.118. The van der Waals surface area contributed by atoms with E-state index in [0.717, 1.165) is 0 Å². The van der Waals surface area contributed by atoms with Crippen LogP contribution in [0.5, 0.6) is 5.75 Å². The van der Waals surface area contributed by atoms with Crippen LogP contribution in [0.3, 0.4) is 0 Å². The maximum atomic E-state index is 10.5. The number of allylic oxidation sites excluding steroid dienone is 2. The number of carboxylic acid groups (broad SMARTS) is 1. The molecular weight excluding hydrogens is 416 g/mol. The van der Waals surface area contributed by atoms with E-state index < -0.39 is 24.3 Å². The summed E-state index contributed by atoms with van der Waals surface area (Å²) in [5, 5.41) is 39.8. The van der Waals surface area contributed by atoms with Gasteiger partial charge in [0.2, 0.25) is 0 Å². The van der Waals surface area contributed by atoms with Crippen LogP contribution in [-0.2, 0) is 4.79 Å². The van der Waals surface area contributed by atoms with E-state index in [9.17, 15) is 20.1 Å². The maximum absolute atomic E-state index is 10.5. The van der Waals surface area contributed by atoms with E-state index in [0.29, 0.717) is 42.2 Å². The second kappa shape index (κ2) is 12.4. The average Bonchev–Trinajstić information content (AvgIpc) is 2.93. The molecule has 1 aromatic carbocycles. The molecule has 0 saturated heterocycles. The van der Waals surface area contributed by atoms with E-state index in [1.807, 2.05) is 12.2 Å². The van der Waals surface area contributed by atoms with Gasteiger partial charge in [0.05, 0.1) is 18.3 Å². The van der Waals surface area contributed by atoms with Crippen LogP contribution >= 0.6 is 23.4 Å². The van der Waals surface area contributed by atoms with Gasteiger partial charge >= 0.3 is 5.97 Å². The quantitative estimate of drug-likeness (QED) is 0.290. The van der Waals surface area contributed by atoms with Crippen LogP contribution in [-0.4, -0.2) is 62.3 Å². The third kappa shape index (κ3) is 8.56. The van der Waals surface area contributed by atoms with Crippen molar-refractivity contribution in [3.05, 3.63) is 41.4 Å². The van der Waals surface area contributed by atoms with Crippen molar-refractivity contribution in [2.24, 2.45) is 5.92 Å². The van der Waals surface area contributed by atoms with Crippen molar-refractivity contribution in [1.82, 2.24) is 0 Å². The standard InChI is InChI=1S/C21H29ClO6S/c22-14-6-5-7-16(10-14)28-12-15(23)13-29-21-17(18(24)11-19(21)25)8-3-1-2-4-9-20(26)27/h1,3,5-7,10,15,17-19,21,23-25H,2,4,8-9,11-13H2,(H,26,27)/b3-1+/t15-,17-,18-,19+,21+/m0/s1. The number of rotatable bonds is 12. The summed E-state index contributed by atoms with van der Waals surface area (Å²) in [5.41, 5.74) is 0. The van der Waals surface area contributed by atoms with Gasteiger partial charge in [-0.2, -0.15) is 11.8 Å². The molecule has 5 atom stereocenters. The molecule has 0 unspecified atom stereocenters. The van der Waals surface area contributed by atoms with E-state index >= 15 is 0 Å². The van der Waals surface area contributed by atoms with Gasteiger partial charge in [0.25, 0.3) is 0 Å². The Morgan fingerprint density at radius 3 is 2.83 bits per heavy atom. The van der Waals surface area contributed by atoms with Crippen LogP contribution < -0.4 is 4.74 Å². The zero-order valence-electron chi connectivity index (χ0n) is 16.2. The molecule has 4 N–H and O–H groups in total. The first kappa shape index (κ1) is 24.0. The van der Waals surface area contributed by atoms with E-state index in [1.165, 1.54) is 11.8 Å². The summed E-state index contributed by atoms with van der Waals surface area (Å²) in [5.74, 6) is 0.0612. The first-order chi connectivity index (χ1) is 13.9. The lowest BCUT2D eigenvalue weighted by Crippen LogP contribution is -2.28. The Morgan fingerprint density at radius 1 is 1.31 bits per heavy atom. The molecule has 1 aromatic rings. The summed E-state index contributed by atoms with van der Waals surface area (Å²) in [4.78, 5) is 10.5. The Morgan fingerprint density at radius 2 is 2.10 bits per heavy atom. The highest BCUT2D eigenvalue weighted by Crippen LogP contribution is 2.38. The van der Waals surface area contributed by atoms with Crippen LogP contribution in [0.2, 0.25) is 5.02 Å². The number of carboxylic acids is 1. The third-order valence-electron chi connectivity index (χ3n) is 4.83. The molecule has 162 valence electrons. The Bertz CT molecular complexity index is 670. The van der Waals surface area contributed by atoms with Crippen molar-refractivity contribution >= 4 is 29.3 Å². The number of aliphatic hydroxyl groups is 3. The number of halogens is 1. The van der Waals surface area contributed by atoms with E-state index in [1.54, 1.807) is 24.3 Å². The van der Waals surface area contributed by atoms with Crippen molar-refractivity contribution in [1.29, 1.82) is 0 Å². The number of hydrogen-bond donors (Lipinski definition) is 4. The van der Waals surface area contributed by atoms with Crippen LogP contribution in [0.1, 0.15) is 32.1 Å². The smallest absolute Gasteiger partial charge is 0.303 e. The molecule has 1 aliphatic carbocycles. The summed E-state index contributed by atoms with van der Waals surface area (Å²) < 4.78 is 5.55. The highest BCUT2D eigenvalue weighted by atomic mass is 35.5. The van der Waals surface area contributed by atoms with Gasteiger partial charge in [-0.25, -0.2) is 0 Å². The van der Waals surface area contributed by atoms with Crippen LogP contribution in [0.15, 0.2) is 36.4 Å². The molecule has 0 radical (unpaired) electrons. The fourth-order valence-electron chi connectivity index (χ4n) is 3.35. The zero-order chi connectivity index (χ0) is 21.2. The zero-order valence-corrected chi connectivity index (χ0v) is 17.8. The number of thioether (sulfide) groups is 1. The molecule has 6 nitrogen and oxygen atoms in total. The van der Waals surface area contributed by atoms with E-state index in [4.69, 9.17) is 21.4 Å². The van der Waals surface area contributed by atoms with Crippen molar-refractivity contribution < 1.29 is 30.0 Å². The topological polar surface area (TPSA) is 107 Å². The van der Waals surface area contributed by atoms with Gasteiger partial charge in [0.1, 0.15) is 12.4 Å². The van der Waals surface area contributed by atoms with E-state index in [2.05, 4.69) is 0 Å². The molecule has 8 heteroatoms. The lowest BCUT2D eigenvalue weighted by Gasteiger charge is -2.23. The van der Waals surface area contributed by atoms with Gasteiger partial charge in [-0.1, -0.05) is 29.8 Å². The number of aliphatic carboxylic acids is 1. The number of hydrogen-bond acceptors (Lipinski definition) is 6. The molecule has 0 bridgehead atoms. The van der Waals surface area contributed by atoms with Crippen LogP contribution in [0.4, 0.5) is 0 Å². The average molecular weight is 445 g/mol. The summed E-state index contributed by atoms with van der Waals surface area (Å²) in [7, 11) is 0. The molecule has 0 amide bonds. The van der Waals surface area contributed by atoms with Crippen molar-refractivity contribution in [2.75, 3.05) is 12.4 Å². The Hall–Kier alpha value is -1.25. The normalized spacial score (nSPS) is 25.4. The van der Waals surface area contributed by atoms with Gasteiger partial charge in [0, 0.05) is 34.8 Å². The lowest BCUT2D eigenvalue weighted by molar-refractivity contribution is -0.137. The number of carbonyl (C=O) groups is 1. The molecular formula is C21H29ClO6S. The number of benzene rings is 1. The van der Waals surface area contributed by atoms with Crippen molar-refractivity contribution in [2.45, 2.75) is 55.7 Å². The second-order valence-corrected chi connectivity index (χ2v) is 8.89. The molecule has 1 fully saturated rings. The van der Waals surface area contributed by atoms with Crippen LogP contribution in [0, 0.1) is 5.92 Å². The molecule has 29 heavy (non-hydrogen) atoms. The molecule has 0 aliphatic heterocycles. The fourth-order valence-corrected chi connectivity index (χ4v) is 4.94. The highest BCUT2D eigenvalue weighted by molar-refractivity contribution is 8.00. The highest BCUT2D eigenvalue weighted by Gasteiger charge is 2.41. The Kier molecular flexibility index (Phi) is 10.3. The molecule has 1 aliphatic rings. The second-order valence-electron chi connectivity index (χ2n) is 7.25. The lowest BCUT2D eigenvalue weighted by atomic mass is 10.0. The molecule has 0 spiro atoms. The fraction of sp³-hybridized carbons (Fsp3) is 0.571. The third-order valence-corrected chi connectivity index (χ3v) is 6.70. The van der Waals surface area contributed by atoms with E-state index in [-0.39, 0.29) is 24.2 Å². The predicted octanol–water partition coefficient (Wildman–Crippen LogP) is 3.12. The van der Waals surface area contributed by atoms with Crippen molar-refractivity contribution in [3.8, 4) is 5.75 Å². The minimum Gasteiger partial charge on any atom is -0.491 e. The summed E-state index contributed by atoms with van der Waals surface area (Å²) >= 11 is 7.35. The molecule has 0 heterocycles. The molecule has 1 saturated carbocycles. The SMILES string of the molecule is O=C(O)CCC/C=C/C[C@@H]1[C@@H](SC[C@@H](O)COc2cccc(Cl)c2)[C@H](O)C[C@@H]1O. The first-order valence-corrected chi connectivity index (χ1v) is 11.2. The summed E-state index contributed by atoms with van der Waals surface area (Å²) in [6.07, 6.45) is 4.28. The first-order valence-electron chi connectivity index (χ1n) is 9.77. The minimum absolute atomic E-state index is 0.105. The van der Waals surface area contributed by atoms with Gasteiger partial charge in [0.15, 0.2) is 0 Å². The predicted molar refractivity (Wildman–Crippen MR) is 115 cm³/mol. The van der Waals surface area contributed by atoms with Gasteiger partial charge in [-0.05, 0) is 37.5 Å². The van der Waals surface area contributed by atoms with Crippen LogP contribution in [0.25, 0.3) is 0 Å². The largest absolute Gasteiger partial charge is 0.491 e. The van der Waals surface area contributed by atoms with Gasteiger partial charge < -0.3 is 25.2 Å². The number of unbranched alkanes of at least 4 members (excludes halogenated alkanes) is 1. The maximum Gasteiger partial charge on any atom is 0.303 e. The molecule has 0 aromatic heterocycles. The number of aliphatic hydroxyl groups excluding tert-OH is 3. The van der Waals surface area contributed by atoms with Crippen molar-refractivity contribution in [3.63, 3.8) is 0 Å². The van der Waals surface area contributed by atoms with Gasteiger partial charge in [-0.3, -0.25) is 4.79 Å². The molecule has 2 rings (SSSR count). The summed E-state index contributed by atoms with van der Waals surface area (Å²) in [6, 6.07) is 6.96.